The quantitative estimate of drug-likeness (QED) is 0.281. The van der Waals surface area contributed by atoms with Gasteiger partial charge in [0.15, 0.2) is 11.6 Å². The maximum absolute atomic E-state index is 13.7. The van der Waals surface area contributed by atoms with E-state index in [1.54, 1.807) is 55.8 Å². The van der Waals surface area contributed by atoms with E-state index in [9.17, 15) is 8.42 Å². The molecule has 14 heteroatoms. The molecule has 3 aromatic heterocycles. The number of benzene rings is 1. The molecule has 0 aliphatic heterocycles. The van der Waals surface area contributed by atoms with Crippen LogP contribution in [0.4, 0.5) is 11.8 Å². The second-order valence-corrected chi connectivity index (χ2v) is 10.5. The predicted molar refractivity (Wildman–Crippen MR) is 146 cm³/mol. The first-order valence-electron chi connectivity index (χ1n) is 11.9. The average molecular weight is 555 g/mol. The number of aryl methyl sites for hydroxylation is 1. The highest BCUT2D eigenvalue weighted by atomic mass is 32.2. The van der Waals surface area contributed by atoms with Gasteiger partial charge in [0.2, 0.25) is 16.0 Å². The lowest BCUT2D eigenvalue weighted by Crippen LogP contribution is -2.33. The number of nitrogens with one attached hydrogen (secondary N) is 2. The van der Waals surface area contributed by atoms with Gasteiger partial charge in [-0.2, -0.15) is 0 Å². The number of hydrogen-bond donors (Lipinski definition) is 2. The molecule has 2 unspecified atom stereocenters. The van der Waals surface area contributed by atoms with Crippen LogP contribution in [0.3, 0.4) is 0 Å². The molecule has 2 atom stereocenters. The zero-order valence-electron chi connectivity index (χ0n) is 22.4. The lowest BCUT2D eigenvalue weighted by atomic mass is 10.2. The van der Waals surface area contributed by atoms with Crippen molar-refractivity contribution in [2.75, 3.05) is 38.4 Å². The Balaban J connectivity index is 1.85. The third-order valence-corrected chi connectivity index (χ3v) is 7.67. The molecule has 13 nitrogen and oxygen atoms in total. The topological polar surface area (TPSA) is 155 Å². The predicted octanol–water partition coefficient (Wildman–Crippen LogP) is 3.00. The van der Waals surface area contributed by atoms with Gasteiger partial charge >= 0.3 is 0 Å². The fourth-order valence-corrected chi connectivity index (χ4v) is 5.05. The molecule has 0 fully saturated rings. The Hall–Kier alpha value is -4.30. The summed E-state index contributed by atoms with van der Waals surface area (Å²) >= 11 is 0. The number of nitrogens with zero attached hydrogens (tertiary/aromatic N) is 6. The molecule has 1 aromatic carbocycles. The molecule has 0 aliphatic rings. The summed E-state index contributed by atoms with van der Waals surface area (Å²) in [6.07, 6.45) is 2.25. The van der Waals surface area contributed by atoms with Crippen molar-refractivity contribution in [3.63, 3.8) is 0 Å². The van der Waals surface area contributed by atoms with Crippen LogP contribution >= 0.6 is 0 Å². The van der Waals surface area contributed by atoms with Gasteiger partial charge in [0.25, 0.3) is 0 Å². The van der Waals surface area contributed by atoms with Gasteiger partial charge in [0, 0.05) is 26.6 Å². The van der Waals surface area contributed by atoms with Crippen LogP contribution < -0.4 is 19.5 Å². The molecule has 4 aromatic rings. The molecule has 0 amide bonds. The molecule has 0 aliphatic carbocycles. The second kappa shape index (κ2) is 11.6. The molecule has 2 N–H and O–H groups in total. The minimum atomic E-state index is -4.13. The average Bonchev–Trinajstić information content (AvgIpc) is 3.35. The summed E-state index contributed by atoms with van der Waals surface area (Å²) in [7, 11) is 2.02. The number of ether oxygens (including phenoxy) is 3. The minimum absolute atomic E-state index is 0.101. The Bertz CT molecular complexity index is 1520. The van der Waals surface area contributed by atoms with Crippen molar-refractivity contribution >= 4 is 21.8 Å². The normalized spacial score (nSPS) is 13.0. The summed E-state index contributed by atoms with van der Waals surface area (Å²) in [4.78, 5) is 13.1. The van der Waals surface area contributed by atoms with Crippen molar-refractivity contribution in [3.8, 4) is 28.7 Å². The largest absolute Gasteiger partial charge is 0.494 e. The Morgan fingerprint density at radius 2 is 1.59 bits per heavy atom. The standard InChI is InChI=1S/C25H30N8O5S/c1-15-13-27-23(28-14-15)22(38-6)16(2)39(34,35)32-25-31-30-24(17-9-7-12-20(26-3)29-17)33(25)21-18(36-4)10-8-11-19(21)37-5/h7-14,16,22H,1-6H3,(H,26,29)(H,31,32). The highest BCUT2D eigenvalue weighted by Gasteiger charge is 2.35. The van der Waals surface area contributed by atoms with Crippen molar-refractivity contribution < 1.29 is 22.6 Å². The van der Waals surface area contributed by atoms with Crippen molar-refractivity contribution in [2.45, 2.75) is 25.2 Å². The third-order valence-electron chi connectivity index (χ3n) is 5.98. The number of anilines is 2. The maximum Gasteiger partial charge on any atom is 0.243 e. The fourth-order valence-electron chi connectivity index (χ4n) is 3.92. The number of para-hydroxylation sites is 1. The summed E-state index contributed by atoms with van der Waals surface area (Å²) in [5, 5.41) is 10.4. The lowest BCUT2D eigenvalue weighted by Gasteiger charge is -2.23. The van der Waals surface area contributed by atoms with E-state index < -0.39 is 21.4 Å². The Morgan fingerprint density at radius 3 is 2.18 bits per heavy atom. The number of aromatic nitrogens is 6. The van der Waals surface area contributed by atoms with Crippen molar-refractivity contribution in [1.29, 1.82) is 0 Å². The first-order chi connectivity index (χ1) is 18.7. The smallest absolute Gasteiger partial charge is 0.243 e. The zero-order valence-corrected chi connectivity index (χ0v) is 23.2. The molecule has 0 saturated carbocycles. The first kappa shape index (κ1) is 27.7. The molecule has 0 saturated heterocycles. The van der Waals surface area contributed by atoms with E-state index in [0.717, 1.165) is 5.56 Å². The SMILES string of the molecule is CNc1cccc(-c2nnc(NS(=O)(=O)C(C)C(OC)c3ncc(C)cn3)n2-c2c(OC)cccc2OC)n1. The monoisotopic (exact) mass is 554 g/mol. The van der Waals surface area contributed by atoms with E-state index in [2.05, 4.69) is 35.2 Å². The summed E-state index contributed by atoms with van der Waals surface area (Å²) in [6.45, 7) is 3.34. The van der Waals surface area contributed by atoms with Crippen molar-refractivity contribution in [3.05, 3.63) is 60.2 Å². The van der Waals surface area contributed by atoms with Crippen LogP contribution in [0.5, 0.6) is 11.5 Å². The van der Waals surface area contributed by atoms with Crippen LogP contribution in [0.1, 0.15) is 24.4 Å². The van der Waals surface area contributed by atoms with Crippen LogP contribution in [-0.2, 0) is 14.8 Å². The van der Waals surface area contributed by atoms with E-state index in [0.29, 0.717) is 28.7 Å². The van der Waals surface area contributed by atoms with Gasteiger partial charge in [-0.25, -0.2) is 23.4 Å². The summed E-state index contributed by atoms with van der Waals surface area (Å²) in [5.74, 6) is 1.78. The Labute approximate surface area is 226 Å². The van der Waals surface area contributed by atoms with Gasteiger partial charge in [0.1, 0.15) is 40.1 Å². The third kappa shape index (κ3) is 5.61. The molecule has 4 rings (SSSR count). The van der Waals surface area contributed by atoms with Gasteiger partial charge in [-0.1, -0.05) is 12.1 Å². The number of rotatable bonds is 11. The minimum Gasteiger partial charge on any atom is -0.494 e. The summed E-state index contributed by atoms with van der Waals surface area (Å²) in [5.41, 5.74) is 1.66. The second-order valence-electron chi connectivity index (χ2n) is 8.48. The van der Waals surface area contributed by atoms with E-state index in [1.165, 1.54) is 32.8 Å². The highest BCUT2D eigenvalue weighted by molar-refractivity contribution is 7.93. The van der Waals surface area contributed by atoms with Crippen LogP contribution in [0.15, 0.2) is 48.8 Å². The fraction of sp³-hybridized carbons (Fsp3) is 0.320. The van der Waals surface area contributed by atoms with E-state index in [-0.39, 0.29) is 17.6 Å². The first-order valence-corrected chi connectivity index (χ1v) is 13.4. The molecule has 0 bridgehead atoms. The molecule has 3 heterocycles. The number of pyridine rings is 1. The number of hydrogen-bond acceptors (Lipinski definition) is 11. The van der Waals surface area contributed by atoms with E-state index >= 15 is 0 Å². The summed E-state index contributed by atoms with van der Waals surface area (Å²) < 4.78 is 48.1. The Kier molecular flexibility index (Phi) is 8.26. The highest BCUT2D eigenvalue weighted by Crippen LogP contribution is 2.38. The summed E-state index contributed by atoms with van der Waals surface area (Å²) in [6, 6.07) is 10.5. The molecule has 0 spiro atoms. The van der Waals surface area contributed by atoms with Crippen molar-refractivity contribution in [1.82, 2.24) is 29.7 Å². The van der Waals surface area contributed by atoms with Gasteiger partial charge < -0.3 is 19.5 Å². The van der Waals surface area contributed by atoms with E-state index in [1.807, 2.05) is 6.92 Å². The van der Waals surface area contributed by atoms with Gasteiger partial charge in [-0.3, -0.25) is 9.29 Å². The Morgan fingerprint density at radius 1 is 0.949 bits per heavy atom. The van der Waals surface area contributed by atoms with Crippen LogP contribution in [0.25, 0.3) is 17.2 Å². The molecule has 39 heavy (non-hydrogen) atoms. The van der Waals surface area contributed by atoms with Crippen molar-refractivity contribution in [2.24, 2.45) is 0 Å². The molecular formula is C25H30N8O5S. The van der Waals surface area contributed by atoms with Crippen LogP contribution in [0, 0.1) is 6.92 Å². The zero-order chi connectivity index (χ0) is 28.2. The maximum atomic E-state index is 13.7. The van der Waals surface area contributed by atoms with Gasteiger partial charge in [-0.15, -0.1) is 10.2 Å². The lowest BCUT2D eigenvalue weighted by molar-refractivity contribution is 0.0949. The molecule has 0 radical (unpaired) electrons. The van der Waals surface area contributed by atoms with Crippen LogP contribution in [-0.4, -0.2) is 71.8 Å². The van der Waals surface area contributed by atoms with Crippen LogP contribution in [0.2, 0.25) is 0 Å². The van der Waals surface area contributed by atoms with E-state index in [4.69, 9.17) is 14.2 Å². The van der Waals surface area contributed by atoms with Gasteiger partial charge in [0.05, 0.1) is 14.2 Å². The number of sulfonamides is 1. The molecular weight excluding hydrogens is 524 g/mol. The number of methoxy groups -OCH3 is 3. The van der Waals surface area contributed by atoms with Gasteiger partial charge in [-0.05, 0) is 43.7 Å². The molecule has 206 valence electrons.